The van der Waals surface area contributed by atoms with Gasteiger partial charge in [-0.25, -0.2) is 28.4 Å². The molecule has 0 aromatic rings. The first-order valence-electron chi connectivity index (χ1n) is 12.2. The molecule has 0 N–H and O–H groups in total. The molecule has 0 amide bonds. The molecule has 0 saturated heterocycles. The van der Waals surface area contributed by atoms with Crippen molar-refractivity contribution in [3.8, 4) is 0 Å². The molecule has 0 saturated carbocycles. The van der Waals surface area contributed by atoms with Crippen molar-refractivity contribution in [1.82, 2.24) is 0 Å². The lowest BCUT2D eigenvalue weighted by Crippen LogP contribution is -2.46. The van der Waals surface area contributed by atoms with Crippen LogP contribution in [0, 0.1) is 0 Å². The van der Waals surface area contributed by atoms with Crippen LogP contribution in [0.15, 0.2) is 0 Å². The van der Waals surface area contributed by atoms with Gasteiger partial charge in [-0.05, 0) is 27.2 Å². The van der Waals surface area contributed by atoms with E-state index in [0.29, 0.717) is 25.9 Å². The minimum Gasteiger partial charge on any atom is -0.243 e. The third-order valence-corrected chi connectivity index (χ3v) is 6.83. The average Bonchev–Trinajstić information content (AvgIpc) is 2.74. The molecule has 0 aromatic carbocycles. The Hall–Kier alpha value is -0.0231. The van der Waals surface area contributed by atoms with Crippen molar-refractivity contribution >= 4 is 8.80 Å². The number of hydrogen-bond donors (Lipinski definition) is 0. The molecule has 0 rings (SSSR count). The summed E-state index contributed by atoms with van der Waals surface area (Å²) in [5.41, 5.74) is 0. The molecule has 7 heteroatoms. The number of unbranched alkanes of at least 4 members (excludes halogenated alkanes) is 13. The lowest BCUT2D eigenvalue weighted by Gasteiger charge is -2.25. The molecular weight excluding hydrogens is 388 g/mol. The van der Waals surface area contributed by atoms with Gasteiger partial charge in [0.2, 0.25) is 0 Å². The Balaban J connectivity index is 3.79. The van der Waals surface area contributed by atoms with Crippen LogP contribution in [0.25, 0.3) is 0 Å². The molecule has 0 aliphatic rings. The standard InChI is InChI=1S/C22H48O6Si/c1-5-9-10-11-12-13-14-15-16-17-18-19-20-21-22-29(26-23-6-2,27-24-7-3)28-25-8-4/h5-22H2,1-4H3. The van der Waals surface area contributed by atoms with Gasteiger partial charge in [0.05, 0.1) is 19.8 Å². The molecule has 0 aromatic heterocycles. The third kappa shape index (κ3) is 18.5. The molecule has 0 bridgehead atoms. The van der Waals surface area contributed by atoms with Crippen molar-refractivity contribution in [3.05, 3.63) is 0 Å². The average molecular weight is 437 g/mol. The quantitative estimate of drug-likeness (QED) is 0.0684. The Bertz CT molecular complexity index is 298. The summed E-state index contributed by atoms with van der Waals surface area (Å²) in [6.07, 6.45) is 18.5. The fourth-order valence-corrected chi connectivity index (χ4v) is 5.06. The van der Waals surface area contributed by atoms with Gasteiger partial charge >= 0.3 is 8.80 Å². The predicted octanol–water partition coefficient (Wildman–Crippen LogP) is 7.31. The van der Waals surface area contributed by atoms with Gasteiger partial charge in [-0.1, -0.05) is 90.4 Å². The van der Waals surface area contributed by atoms with Crippen LogP contribution in [0.3, 0.4) is 0 Å². The lowest BCUT2D eigenvalue weighted by atomic mass is 10.0. The summed E-state index contributed by atoms with van der Waals surface area (Å²) in [6.45, 7) is 9.08. The summed E-state index contributed by atoms with van der Waals surface area (Å²) in [6, 6.07) is 0.616. The Labute approximate surface area is 181 Å². The summed E-state index contributed by atoms with van der Waals surface area (Å²) < 4.78 is 16.3. The second-order valence-electron chi connectivity index (χ2n) is 7.50. The Morgan fingerprint density at radius 2 is 0.724 bits per heavy atom. The van der Waals surface area contributed by atoms with E-state index in [2.05, 4.69) is 6.92 Å². The van der Waals surface area contributed by atoms with Gasteiger partial charge in [0.25, 0.3) is 0 Å². The highest BCUT2D eigenvalue weighted by Gasteiger charge is 2.46. The van der Waals surface area contributed by atoms with Crippen molar-refractivity contribution in [2.45, 2.75) is 124 Å². The van der Waals surface area contributed by atoms with E-state index < -0.39 is 8.80 Å². The molecule has 0 heterocycles. The highest BCUT2D eigenvalue weighted by molar-refractivity contribution is 6.59. The van der Waals surface area contributed by atoms with E-state index in [4.69, 9.17) is 28.4 Å². The van der Waals surface area contributed by atoms with E-state index in [1.807, 2.05) is 20.8 Å². The molecule has 0 unspecified atom stereocenters. The molecule has 0 aliphatic heterocycles. The van der Waals surface area contributed by atoms with Crippen LogP contribution < -0.4 is 0 Å². The first kappa shape index (κ1) is 29.0. The summed E-state index contributed by atoms with van der Waals surface area (Å²) in [7, 11) is -3.13. The lowest BCUT2D eigenvalue weighted by molar-refractivity contribution is -0.360. The van der Waals surface area contributed by atoms with Crippen LogP contribution >= 0.6 is 0 Å². The van der Waals surface area contributed by atoms with Crippen molar-refractivity contribution < 1.29 is 28.4 Å². The smallest absolute Gasteiger partial charge is 0.243 e. The van der Waals surface area contributed by atoms with Gasteiger partial charge in [0.1, 0.15) is 0 Å². The van der Waals surface area contributed by atoms with E-state index in [0.717, 1.165) is 12.8 Å². The maximum atomic E-state index is 5.44. The van der Waals surface area contributed by atoms with Gasteiger partial charge < -0.3 is 0 Å². The van der Waals surface area contributed by atoms with E-state index >= 15 is 0 Å². The van der Waals surface area contributed by atoms with E-state index in [-0.39, 0.29) is 0 Å². The Morgan fingerprint density at radius 3 is 1.03 bits per heavy atom. The zero-order valence-corrected chi connectivity index (χ0v) is 20.7. The first-order valence-corrected chi connectivity index (χ1v) is 14.1. The maximum absolute atomic E-state index is 5.44. The molecule has 0 radical (unpaired) electrons. The monoisotopic (exact) mass is 436 g/mol. The molecular formula is C22H48O6Si. The molecule has 176 valence electrons. The molecule has 0 spiro atoms. The molecule has 6 nitrogen and oxygen atoms in total. The largest absolute Gasteiger partial charge is 0.584 e. The van der Waals surface area contributed by atoms with Gasteiger partial charge in [-0.2, -0.15) is 0 Å². The van der Waals surface area contributed by atoms with Crippen molar-refractivity contribution in [1.29, 1.82) is 0 Å². The molecule has 0 fully saturated rings. The van der Waals surface area contributed by atoms with Crippen LogP contribution in [0.4, 0.5) is 0 Å². The maximum Gasteiger partial charge on any atom is 0.584 e. The topological polar surface area (TPSA) is 55.4 Å². The zero-order chi connectivity index (χ0) is 21.5. The van der Waals surface area contributed by atoms with Crippen molar-refractivity contribution in [3.63, 3.8) is 0 Å². The van der Waals surface area contributed by atoms with Crippen LogP contribution in [0.1, 0.15) is 118 Å². The highest BCUT2D eigenvalue weighted by atomic mass is 28.4. The van der Waals surface area contributed by atoms with Crippen LogP contribution in [-0.4, -0.2) is 28.6 Å². The van der Waals surface area contributed by atoms with Gasteiger partial charge in [-0.3, -0.25) is 0 Å². The van der Waals surface area contributed by atoms with E-state index in [1.54, 1.807) is 0 Å². The summed E-state index contributed by atoms with van der Waals surface area (Å²) in [4.78, 5) is 15.3. The second-order valence-corrected chi connectivity index (χ2v) is 9.86. The van der Waals surface area contributed by atoms with Crippen molar-refractivity contribution in [2.24, 2.45) is 0 Å². The normalized spacial score (nSPS) is 12.0. The van der Waals surface area contributed by atoms with Crippen LogP contribution in [-0.2, 0) is 28.4 Å². The predicted molar refractivity (Wildman–Crippen MR) is 119 cm³/mol. The highest BCUT2D eigenvalue weighted by Crippen LogP contribution is 2.22. The SMILES string of the molecule is CCCCCCCCCCCCCCCC[Si](OOCC)(OOCC)OOCC. The first-order chi connectivity index (χ1) is 14.2. The second kappa shape index (κ2) is 22.7. The Kier molecular flexibility index (Phi) is 22.6. The minimum absolute atomic E-state index is 0.415. The van der Waals surface area contributed by atoms with E-state index in [9.17, 15) is 0 Å². The summed E-state index contributed by atoms with van der Waals surface area (Å²) in [5.74, 6) is 0. The van der Waals surface area contributed by atoms with Gasteiger partial charge in [0.15, 0.2) is 0 Å². The van der Waals surface area contributed by atoms with E-state index in [1.165, 1.54) is 77.0 Å². The third-order valence-electron chi connectivity index (χ3n) is 4.75. The van der Waals surface area contributed by atoms with Gasteiger partial charge in [-0.15, -0.1) is 0 Å². The Morgan fingerprint density at radius 1 is 0.414 bits per heavy atom. The fourth-order valence-electron chi connectivity index (χ4n) is 3.15. The number of hydrogen-bond acceptors (Lipinski definition) is 6. The fraction of sp³-hybridized carbons (Fsp3) is 1.00. The summed E-state index contributed by atoms with van der Waals surface area (Å²) in [5, 5.41) is 0. The molecule has 0 aliphatic carbocycles. The molecule has 29 heavy (non-hydrogen) atoms. The van der Waals surface area contributed by atoms with Crippen molar-refractivity contribution in [2.75, 3.05) is 19.8 Å². The van der Waals surface area contributed by atoms with Crippen LogP contribution in [0.5, 0.6) is 0 Å². The zero-order valence-electron chi connectivity index (χ0n) is 19.7. The van der Waals surface area contributed by atoms with Gasteiger partial charge in [0, 0.05) is 6.04 Å². The molecule has 0 atom stereocenters. The van der Waals surface area contributed by atoms with Crippen LogP contribution in [0.2, 0.25) is 6.04 Å². The number of rotatable bonds is 24. The summed E-state index contributed by atoms with van der Waals surface area (Å²) >= 11 is 0. The minimum atomic E-state index is -3.13.